The maximum atomic E-state index is 6.42. The van der Waals surface area contributed by atoms with E-state index in [1.807, 2.05) is 30.5 Å². The number of benzene rings is 2. The lowest BCUT2D eigenvalue weighted by molar-refractivity contribution is 0.326. The number of halogens is 1. The van der Waals surface area contributed by atoms with Gasteiger partial charge in [0.05, 0.1) is 23.0 Å². The van der Waals surface area contributed by atoms with Crippen LogP contribution in [0.2, 0.25) is 5.02 Å². The van der Waals surface area contributed by atoms with Crippen molar-refractivity contribution in [3.8, 4) is 28.6 Å². The van der Waals surface area contributed by atoms with Gasteiger partial charge in [-0.1, -0.05) is 29.8 Å². The highest BCUT2D eigenvalue weighted by atomic mass is 35.5. The van der Waals surface area contributed by atoms with Crippen LogP contribution in [0.1, 0.15) is 29.9 Å². The zero-order chi connectivity index (χ0) is 21.5. The van der Waals surface area contributed by atoms with Crippen LogP contribution in [0.25, 0.3) is 22.9 Å². The van der Waals surface area contributed by atoms with Crippen molar-refractivity contribution in [2.75, 3.05) is 19.7 Å². The largest absolute Gasteiger partial charge is 0.493 e. The molecule has 2 aliphatic heterocycles. The van der Waals surface area contributed by atoms with Crippen LogP contribution in [0.15, 0.2) is 55.0 Å². The van der Waals surface area contributed by atoms with Crippen LogP contribution >= 0.6 is 11.6 Å². The second-order valence-electron chi connectivity index (χ2n) is 8.25. The normalized spacial score (nSPS) is 16.2. The molecule has 1 saturated heterocycles. The van der Waals surface area contributed by atoms with Gasteiger partial charge in [-0.15, -0.1) is 0 Å². The van der Waals surface area contributed by atoms with Gasteiger partial charge in [0.25, 0.3) is 5.95 Å². The number of hydrogen-bond donors (Lipinski definition) is 1. The minimum atomic E-state index is 0.568. The lowest BCUT2D eigenvalue weighted by Crippen LogP contribution is -2.26. The van der Waals surface area contributed by atoms with E-state index in [0.29, 0.717) is 23.5 Å². The summed E-state index contributed by atoms with van der Waals surface area (Å²) in [7, 11) is 0. The minimum Gasteiger partial charge on any atom is -0.493 e. The molecule has 1 fully saturated rings. The van der Waals surface area contributed by atoms with Crippen molar-refractivity contribution in [1.29, 1.82) is 0 Å². The molecule has 0 radical (unpaired) electrons. The van der Waals surface area contributed by atoms with Crippen LogP contribution in [-0.2, 0) is 6.42 Å². The number of piperidine rings is 1. The van der Waals surface area contributed by atoms with Gasteiger partial charge in [-0.3, -0.25) is 0 Å². The SMILES string of the molecule is Clc1ccccc1-n1ncnc1-n1cc2c(n1)-c1cc(C3CCNCC3)ccc1OCC2. The zero-order valence-corrected chi connectivity index (χ0v) is 18.3. The summed E-state index contributed by atoms with van der Waals surface area (Å²) in [4.78, 5) is 4.47. The number of aromatic nitrogens is 5. The van der Waals surface area contributed by atoms with Crippen molar-refractivity contribution in [2.45, 2.75) is 25.2 Å². The Balaban J connectivity index is 1.43. The predicted molar refractivity (Wildman–Crippen MR) is 123 cm³/mol. The molecule has 2 aromatic carbocycles. The summed E-state index contributed by atoms with van der Waals surface area (Å²) in [5.41, 5.74) is 5.26. The van der Waals surface area contributed by atoms with E-state index >= 15 is 0 Å². The van der Waals surface area contributed by atoms with Crippen LogP contribution in [-0.4, -0.2) is 44.2 Å². The Labute approximate surface area is 191 Å². The third-order valence-electron chi connectivity index (χ3n) is 6.30. The molecule has 6 rings (SSSR count). The Bertz CT molecular complexity index is 1270. The summed E-state index contributed by atoms with van der Waals surface area (Å²) in [5, 5.41) is 13.4. The van der Waals surface area contributed by atoms with E-state index in [0.717, 1.165) is 60.6 Å². The average Bonchev–Trinajstić information content (AvgIpc) is 3.44. The van der Waals surface area contributed by atoms with E-state index in [1.54, 1.807) is 9.36 Å². The standard InChI is InChI=1S/C24H23ClN6O/c25-20-3-1-2-4-21(20)31-24(27-15-28-31)30-14-18-9-12-32-22-6-5-17(13-19(22)23(18)29-30)16-7-10-26-11-8-16/h1-6,13-16,26H,7-12H2. The number of para-hydroxylation sites is 1. The van der Waals surface area contributed by atoms with Crippen molar-refractivity contribution in [2.24, 2.45) is 0 Å². The first-order valence-electron chi connectivity index (χ1n) is 11.0. The molecule has 0 aliphatic carbocycles. The molecule has 8 heteroatoms. The smallest absolute Gasteiger partial charge is 0.253 e. The van der Waals surface area contributed by atoms with Crippen LogP contribution in [0.3, 0.4) is 0 Å². The van der Waals surface area contributed by atoms with Gasteiger partial charge in [0, 0.05) is 23.7 Å². The van der Waals surface area contributed by atoms with Gasteiger partial charge < -0.3 is 10.1 Å². The summed E-state index contributed by atoms with van der Waals surface area (Å²) in [6.07, 6.45) is 6.65. The lowest BCUT2D eigenvalue weighted by atomic mass is 9.88. The van der Waals surface area contributed by atoms with E-state index in [2.05, 4.69) is 33.6 Å². The molecule has 7 nitrogen and oxygen atoms in total. The molecule has 0 saturated carbocycles. The topological polar surface area (TPSA) is 69.8 Å². The Hall–Kier alpha value is -3.16. The van der Waals surface area contributed by atoms with Crippen LogP contribution < -0.4 is 10.1 Å². The van der Waals surface area contributed by atoms with E-state index < -0.39 is 0 Å². The summed E-state index contributed by atoms with van der Waals surface area (Å²) < 4.78 is 9.58. The highest BCUT2D eigenvalue weighted by molar-refractivity contribution is 6.32. The summed E-state index contributed by atoms with van der Waals surface area (Å²) in [6, 6.07) is 14.2. The third-order valence-corrected chi connectivity index (χ3v) is 6.62. The molecule has 4 aromatic rings. The highest BCUT2D eigenvalue weighted by Gasteiger charge is 2.24. The van der Waals surface area contributed by atoms with Gasteiger partial charge in [-0.25, -0.2) is 4.68 Å². The fourth-order valence-corrected chi connectivity index (χ4v) is 4.86. The van der Waals surface area contributed by atoms with Crippen molar-refractivity contribution in [3.63, 3.8) is 0 Å². The molecule has 2 aliphatic rings. The van der Waals surface area contributed by atoms with Crippen LogP contribution in [0.5, 0.6) is 5.75 Å². The number of nitrogens with one attached hydrogen (secondary N) is 1. The zero-order valence-electron chi connectivity index (χ0n) is 17.5. The fraction of sp³-hybridized carbons (Fsp3) is 0.292. The lowest BCUT2D eigenvalue weighted by Gasteiger charge is -2.23. The molecule has 0 spiro atoms. The van der Waals surface area contributed by atoms with Gasteiger partial charge in [-0.2, -0.15) is 19.9 Å². The molecule has 0 atom stereocenters. The predicted octanol–water partition coefficient (Wildman–Crippen LogP) is 4.18. The van der Waals surface area contributed by atoms with Crippen LogP contribution in [0.4, 0.5) is 0 Å². The summed E-state index contributed by atoms with van der Waals surface area (Å²) >= 11 is 6.42. The monoisotopic (exact) mass is 446 g/mol. The summed E-state index contributed by atoms with van der Waals surface area (Å²) in [5.74, 6) is 2.06. The molecule has 4 heterocycles. The highest BCUT2D eigenvalue weighted by Crippen LogP contribution is 2.38. The van der Waals surface area contributed by atoms with E-state index in [4.69, 9.17) is 21.4 Å². The van der Waals surface area contributed by atoms with E-state index in [1.165, 1.54) is 11.9 Å². The molecule has 32 heavy (non-hydrogen) atoms. The Morgan fingerprint density at radius 1 is 1.09 bits per heavy atom. The maximum Gasteiger partial charge on any atom is 0.253 e. The van der Waals surface area contributed by atoms with Gasteiger partial charge in [0.1, 0.15) is 12.1 Å². The van der Waals surface area contributed by atoms with Gasteiger partial charge in [0.2, 0.25) is 0 Å². The van der Waals surface area contributed by atoms with Crippen molar-refractivity contribution < 1.29 is 4.74 Å². The first kappa shape index (κ1) is 19.5. The Kier molecular flexibility index (Phi) is 4.92. The number of hydrogen-bond acceptors (Lipinski definition) is 5. The maximum absolute atomic E-state index is 6.42. The molecular weight excluding hydrogens is 424 g/mol. The number of fused-ring (bicyclic) bond motifs is 3. The molecule has 162 valence electrons. The van der Waals surface area contributed by atoms with Crippen LogP contribution in [0, 0.1) is 0 Å². The quantitative estimate of drug-likeness (QED) is 0.511. The third kappa shape index (κ3) is 3.38. The van der Waals surface area contributed by atoms with Crippen molar-refractivity contribution >= 4 is 11.6 Å². The Morgan fingerprint density at radius 3 is 2.84 bits per heavy atom. The molecule has 0 unspecified atom stereocenters. The van der Waals surface area contributed by atoms with Gasteiger partial charge in [0.15, 0.2) is 0 Å². The van der Waals surface area contributed by atoms with Gasteiger partial charge >= 0.3 is 0 Å². The number of ether oxygens (including phenoxy) is 1. The fourth-order valence-electron chi connectivity index (χ4n) is 4.65. The number of nitrogens with zero attached hydrogens (tertiary/aromatic N) is 5. The second kappa shape index (κ2) is 8.07. The first-order chi connectivity index (χ1) is 15.8. The summed E-state index contributed by atoms with van der Waals surface area (Å²) in [6.45, 7) is 2.75. The number of rotatable bonds is 3. The van der Waals surface area contributed by atoms with E-state index in [9.17, 15) is 0 Å². The molecule has 2 aromatic heterocycles. The minimum absolute atomic E-state index is 0.568. The molecular formula is C24H23ClN6O. The first-order valence-corrected chi connectivity index (χ1v) is 11.4. The molecule has 0 bridgehead atoms. The average molecular weight is 447 g/mol. The molecule has 1 N–H and O–H groups in total. The van der Waals surface area contributed by atoms with Crippen molar-refractivity contribution in [1.82, 2.24) is 29.9 Å². The van der Waals surface area contributed by atoms with E-state index in [-0.39, 0.29) is 0 Å². The van der Waals surface area contributed by atoms with Crippen molar-refractivity contribution in [3.05, 3.63) is 71.1 Å². The Morgan fingerprint density at radius 2 is 1.97 bits per heavy atom. The molecule has 0 amide bonds. The van der Waals surface area contributed by atoms with Gasteiger partial charge in [-0.05, 0) is 61.7 Å². The second-order valence-corrected chi connectivity index (χ2v) is 8.66.